The Hall–Kier alpha value is -0.0551. The minimum absolute atomic E-state index is 0.225. The van der Waals surface area contributed by atoms with E-state index in [0.717, 1.165) is 0 Å². The lowest BCUT2D eigenvalue weighted by atomic mass is 9.96. The van der Waals surface area contributed by atoms with Crippen LogP contribution in [0.25, 0.3) is 0 Å². The first-order chi connectivity index (χ1) is 5.08. The van der Waals surface area contributed by atoms with Crippen LogP contribution in [0.2, 0.25) is 0 Å². The Morgan fingerprint density at radius 2 is 1.91 bits per heavy atom. The molecule has 0 amide bonds. The molecule has 0 fully saturated rings. The smallest absolute Gasteiger partial charge is 0.111 e. The topological polar surface area (TPSA) is 49.7 Å². The highest BCUT2D eigenvalue weighted by atomic mass is 16.5. The molecular weight excluding hydrogens is 143 g/mol. The SMILES string of the molecule is [B][C@@H](CC)OC(C)(CO)CO. The summed E-state index contributed by atoms with van der Waals surface area (Å²) in [6, 6.07) is -0.417. The van der Waals surface area contributed by atoms with Gasteiger partial charge < -0.3 is 14.9 Å². The average molecular weight is 158 g/mol. The van der Waals surface area contributed by atoms with Crippen LogP contribution < -0.4 is 0 Å². The fourth-order valence-electron chi connectivity index (χ4n) is 0.573. The predicted molar refractivity (Wildman–Crippen MR) is 43.5 cm³/mol. The van der Waals surface area contributed by atoms with Crippen molar-refractivity contribution < 1.29 is 14.9 Å². The van der Waals surface area contributed by atoms with Gasteiger partial charge in [-0.15, -0.1) is 0 Å². The summed E-state index contributed by atoms with van der Waals surface area (Å²) in [6.45, 7) is 3.04. The maximum absolute atomic E-state index is 8.79. The van der Waals surface area contributed by atoms with Gasteiger partial charge >= 0.3 is 0 Å². The zero-order valence-corrected chi connectivity index (χ0v) is 7.08. The van der Waals surface area contributed by atoms with Crippen LogP contribution in [0.1, 0.15) is 20.3 Å². The largest absolute Gasteiger partial charge is 0.393 e. The number of hydrogen-bond donors (Lipinski definition) is 2. The minimum atomic E-state index is -0.907. The lowest BCUT2D eigenvalue weighted by molar-refractivity contribution is -0.109. The van der Waals surface area contributed by atoms with E-state index < -0.39 is 11.6 Å². The number of aliphatic hydroxyl groups excluding tert-OH is 2. The Bertz CT molecular complexity index is 104. The Morgan fingerprint density at radius 3 is 2.18 bits per heavy atom. The summed E-state index contributed by atoms with van der Waals surface area (Å²) in [5, 5.41) is 17.6. The molecule has 0 saturated heterocycles. The highest BCUT2D eigenvalue weighted by Crippen LogP contribution is 2.11. The first-order valence-corrected chi connectivity index (χ1v) is 3.73. The van der Waals surface area contributed by atoms with Gasteiger partial charge in [-0.3, -0.25) is 0 Å². The molecule has 0 bridgehead atoms. The summed E-state index contributed by atoms with van der Waals surface area (Å²) >= 11 is 0. The molecule has 0 aromatic rings. The fraction of sp³-hybridized carbons (Fsp3) is 1.00. The van der Waals surface area contributed by atoms with E-state index in [2.05, 4.69) is 0 Å². The highest BCUT2D eigenvalue weighted by molar-refractivity contribution is 6.10. The van der Waals surface area contributed by atoms with Crippen molar-refractivity contribution in [2.45, 2.75) is 31.9 Å². The van der Waals surface area contributed by atoms with Gasteiger partial charge in [0.05, 0.1) is 13.2 Å². The Kier molecular flexibility index (Phi) is 4.72. The lowest BCUT2D eigenvalue weighted by Crippen LogP contribution is -2.40. The first kappa shape index (κ1) is 10.9. The molecule has 0 heterocycles. The van der Waals surface area contributed by atoms with Gasteiger partial charge in [-0.05, 0) is 13.3 Å². The predicted octanol–water partition coefficient (Wildman–Crippen LogP) is -0.349. The zero-order chi connectivity index (χ0) is 8.91. The molecule has 11 heavy (non-hydrogen) atoms. The Balaban J connectivity index is 3.86. The summed E-state index contributed by atoms with van der Waals surface area (Å²) in [4.78, 5) is 0. The van der Waals surface area contributed by atoms with Crippen molar-refractivity contribution in [2.24, 2.45) is 0 Å². The van der Waals surface area contributed by atoms with Crippen molar-refractivity contribution >= 4 is 7.85 Å². The molecule has 0 spiro atoms. The van der Waals surface area contributed by atoms with Crippen LogP contribution in [0, 0.1) is 0 Å². The molecule has 0 aromatic carbocycles. The van der Waals surface area contributed by atoms with Gasteiger partial charge in [0.1, 0.15) is 13.4 Å². The molecule has 3 nitrogen and oxygen atoms in total. The van der Waals surface area contributed by atoms with E-state index in [1.807, 2.05) is 6.92 Å². The fourth-order valence-corrected chi connectivity index (χ4v) is 0.573. The van der Waals surface area contributed by atoms with Crippen LogP contribution in [-0.2, 0) is 4.74 Å². The van der Waals surface area contributed by atoms with Gasteiger partial charge in [-0.1, -0.05) is 6.92 Å². The molecule has 0 aliphatic carbocycles. The quantitative estimate of drug-likeness (QED) is 0.537. The number of hydrogen-bond acceptors (Lipinski definition) is 3. The standard InChI is InChI=1S/C7H15BO3/c1-3-6(8)11-7(2,4-9)5-10/h6,9-10H,3-5H2,1-2H3/t6-/m1/s1. The van der Waals surface area contributed by atoms with Gasteiger partial charge in [0.25, 0.3) is 0 Å². The molecule has 0 saturated carbocycles. The molecule has 64 valence electrons. The van der Waals surface area contributed by atoms with E-state index in [4.69, 9.17) is 22.8 Å². The second-order valence-corrected chi connectivity index (χ2v) is 2.83. The highest BCUT2D eigenvalue weighted by Gasteiger charge is 2.24. The van der Waals surface area contributed by atoms with Crippen molar-refractivity contribution in [1.29, 1.82) is 0 Å². The summed E-state index contributed by atoms with van der Waals surface area (Å²) in [7, 11) is 5.47. The number of rotatable bonds is 5. The second kappa shape index (κ2) is 4.75. The zero-order valence-electron chi connectivity index (χ0n) is 7.08. The lowest BCUT2D eigenvalue weighted by Gasteiger charge is -2.29. The van der Waals surface area contributed by atoms with Crippen LogP contribution in [0.3, 0.4) is 0 Å². The molecule has 0 rings (SSSR count). The minimum Gasteiger partial charge on any atom is -0.393 e. The third-order valence-corrected chi connectivity index (χ3v) is 1.51. The molecule has 4 heteroatoms. The van der Waals surface area contributed by atoms with E-state index in [0.29, 0.717) is 6.42 Å². The molecular formula is C7H15BO3. The van der Waals surface area contributed by atoms with E-state index in [1.165, 1.54) is 0 Å². The third kappa shape index (κ3) is 3.75. The van der Waals surface area contributed by atoms with Crippen molar-refractivity contribution in [3.05, 3.63) is 0 Å². The van der Waals surface area contributed by atoms with Gasteiger partial charge in [0.2, 0.25) is 0 Å². The maximum Gasteiger partial charge on any atom is 0.111 e. The van der Waals surface area contributed by atoms with Crippen LogP contribution in [0.4, 0.5) is 0 Å². The molecule has 0 aromatic heterocycles. The molecule has 0 unspecified atom stereocenters. The van der Waals surface area contributed by atoms with Gasteiger partial charge in [0.15, 0.2) is 0 Å². The molecule has 2 N–H and O–H groups in total. The van der Waals surface area contributed by atoms with Crippen molar-refractivity contribution in [2.75, 3.05) is 13.2 Å². The Morgan fingerprint density at radius 1 is 1.45 bits per heavy atom. The van der Waals surface area contributed by atoms with Crippen molar-refractivity contribution in [3.8, 4) is 0 Å². The average Bonchev–Trinajstić information content (AvgIpc) is 2.04. The molecule has 2 radical (unpaired) electrons. The maximum atomic E-state index is 8.79. The molecule has 1 atom stereocenters. The van der Waals surface area contributed by atoms with E-state index in [-0.39, 0.29) is 13.2 Å². The normalized spacial score (nSPS) is 14.9. The van der Waals surface area contributed by atoms with Gasteiger partial charge in [0, 0.05) is 6.00 Å². The number of ether oxygens (including phenoxy) is 1. The van der Waals surface area contributed by atoms with E-state index >= 15 is 0 Å². The van der Waals surface area contributed by atoms with Crippen molar-refractivity contribution in [1.82, 2.24) is 0 Å². The Labute approximate surface area is 68.8 Å². The van der Waals surface area contributed by atoms with Crippen molar-refractivity contribution in [3.63, 3.8) is 0 Å². The summed E-state index contributed by atoms with van der Waals surface area (Å²) in [5.41, 5.74) is -0.907. The van der Waals surface area contributed by atoms with Gasteiger partial charge in [-0.2, -0.15) is 0 Å². The first-order valence-electron chi connectivity index (χ1n) is 3.73. The summed E-state index contributed by atoms with van der Waals surface area (Å²) in [5.74, 6) is 0. The summed E-state index contributed by atoms with van der Waals surface area (Å²) in [6.07, 6.45) is 0.662. The van der Waals surface area contributed by atoms with Crippen LogP contribution in [0.5, 0.6) is 0 Å². The number of aliphatic hydroxyl groups is 2. The van der Waals surface area contributed by atoms with Crippen LogP contribution >= 0.6 is 0 Å². The summed E-state index contributed by atoms with van der Waals surface area (Å²) < 4.78 is 5.16. The van der Waals surface area contributed by atoms with E-state index in [1.54, 1.807) is 6.92 Å². The van der Waals surface area contributed by atoms with Crippen LogP contribution in [-0.4, -0.2) is 42.9 Å². The van der Waals surface area contributed by atoms with E-state index in [9.17, 15) is 0 Å². The molecule has 0 aliphatic rings. The molecule has 0 aliphatic heterocycles. The monoisotopic (exact) mass is 158 g/mol. The second-order valence-electron chi connectivity index (χ2n) is 2.83. The third-order valence-electron chi connectivity index (χ3n) is 1.51. The van der Waals surface area contributed by atoms with Crippen LogP contribution in [0.15, 0.2) is 0 Å². The van der Waals surface area contributed by atoms with Gasteiger partial charge in [-0.25, -0.2) is 0 Å².